The lowest BCUT2D eigenvalue weighted by atomic mass is 10.2. The molecule has 1 rings (SSSR count). The number of Topliss-reactive ketones (excluding diaryl/α,β-unsaturated/α-hetero) is 1. The van der Waals surface area contributed by atoms with Crippen molar-refractivity contribution >= 4 is 24.0 Å². The minimum atomic E-state index is -0.284. The van der Waals surface area contributed by atoms with Crippen molar-refractivity contribution in [2.75, 3.05) is 5.75 Å². The second-order valence-electron chi connectivity index (χ2n) is 2.98. The lowest BCUT2D eigenvalue weighted by Gasteiger charge is -2.10. The summed E-state index contributed by atoms with van der Waals surface area (Å²) < 4.78 is 0. The molecule has 1 fully saturated rings. The smallest absolute Gasteiger partial charge is 0.207 e. The second-order valence-corrected chi connectivity index (χ2v) is 4.31. The third-order valence-corrected chi connectivity index (χ3v) is 3.25. The van der Waals surface area contributed by atoms with Gasteiger partial charge in [-0.15, -0.1) is 0 Å². The van der Waals surface area contributed by atoms with E-state index in [9.17, 15) is 9.59 Å². The molecule has 1 amide bonds. The summed E-state index contributed by atoms with van der Waals surface area (Å²) in [5, 5.41) is 3.25. The molecule has 68 valence electrons. The van der Waals surface area contributed by atoms with Crippen molar-refractivity contribution in [2.24, 2.45) is 0 Å². The van der Waals surface area contributed by atoms with Crippen LogP contribution in [-0.2, 0) is 9.59 Å². The summed E-state index contributed by atoms with van der Waals surface area (Å²) in [6, 6.07) is -0.284. The van der Waals surface area contributed by atoms with E-state index in [1.807, 2.05) is 0 Å². The molecular formula is C8H13NO2S. The fourth-order valence-corrected chi connectivity index (χ4v) is 2.10. The molecule has 0 heterocycles. The van der Waals surface area contributed by atoms with Crippen molar-refractivity contribution in [3.8, 4) is 0 Å². The van der Waals surface area contributed by atoms with Crippen LogP contribution >= 0.6 is 11.8 Å². The number of ketones is 1. The van der Waals surface area contributed by atoms with Gasteiger partial charge < -0.3 is 5.32 Å². The largest absolute Gasteiger partial charge is 0.348 e. The van der Waals surface area contributed by atoms with Gasteiger partial charge in [-0.25, -0.2) is 0 Å². The number of hydrogen-bond acceptors (Lipinski definition) is 3. The van der Waals surface area contributed by atoms with E-state index in [0.717, 1.165) is 11.0 Å². The number of hydrogen-bond donors (Lipinski definition) is 1. The van der Waals surface area contributed by atoms with E-state index in [2.05, 4.69) is 5.32 Å². The molecule has 12 heavy (non-hydrogen) atoms. The summed E-state index contributed by atoms with van der Waals surface area (Å²) in [7, 11) is 0. The molecule has 0 aliphatic heterocycles. The third kappa shape index (κ3) is 3.26. The summed E-state index contributed by atoms with van der Waals surface area (Å²) >= 11 is 1.78. The highest BCUT2D eigenvalue weighted by Crippen LogP contribution is 2.34. The Morgan fingerprint density at radius 3 is 2.83 bits per heavy atom. The van der Waals surface area contributed by atoms with Crippen LogP contribution in [0.2, 0.25) is 0 Å². The molecule has 3 nitrogen and oxygen atoms in total. The monoisotopic (exact) mass is 187 g/mol. The van der Waals surface area contributed by atoms with Gasteiger partial charge in [-0.1, -0.05) is 0 Å². The third-order valence-electron chi connectivity index (χ3n) is 1.78. The van der Waals surface area contributed by atoms with Gasteiger partial charge in [-0.3, -0.25) is 9.59 Å². The van der Waals surface area contributed by atoms with E-state index in [1.54, 1.807) is 11.8 Å². The van der Waals surface area contributed by atoms with Gasteiger partial charge in [-0.2, -0.15) is 11.8 Å². The molecule has 0 radical (unpaired) electrons. The zero-order valence-electron chi connectivity index (χ0n) is 7.08. The molecule has 1 aliphatic rings. The molecule has 0 aromatic heterocycles. The average molecular weight is 187 g/mol. The fraction of sp³-hybridized carbons (Fsp3) is 0.750. The molecule has 0 bridgehead atoms. The van der Waals surface area contributed by atoms with Gasteiger partial charge in [0.25, 0.3) is 0 Å². The second kappa shape index (κ2) is 4.50. The maximum Gasteiger partial charge on any atom is 0.207 e. The number of nitrogens with one attached hydrogen (secondary N) is 1. The van der Waals surface area contributed by atoms with Crippen molar-refractivity contribution in [3.05, 3.63) is 0 Å². The Morgan fingerprint density at radius 2 is 2.42 bits per heavy atom. The SMILES string of the molecule is CC(=O)C(CSC1CC1)NC=O. The van der Waals surface area contributed by atoms with Gasteiger partial charge in [0.2, 0.25) is 6.41 Å². The Morgan fingerprint density at radius 1 is 1.75 bits per heavy atom. The van der Waals surface area contributed by atoms with Crippen LogP contribution in [0.5, 0.6) is 0 Å². The maximum absolute atomic E-state index is 10.9. The highest BCUT2D eigenvalue weighted by molar-refractivity contribution is 8.00. The predicted octanol–water partition coefficient (Wildman–Crippen LogP) is 0.586. The first kappa shape index (κ1) is 9.58. The number of amides is 1. The van der Waals surface area contributed by atoms with Crippen molar-refractivity contribution in [3.63, 3.8) is 0 Å². The van der Waals surface area contributed by atoms with Gasteiger partial charge in [0.1, 0.15) is 0 Å². The predicted molar refractivity (Wildman–Crippen MR) is 49.1 cm³/mol. The molecular weight excluding hydrogens is 174 g/mol. The number of carbonyl (C=O) groups excluding carboxylic acids is 2. The quantitative estimate of drug-likeness (QED) is 0.619. The van der Waals surface area contributed by atoms with Gasteiger partial charge in [-0.05, 0) is 19.8 Å². The number of rotatable bonds is 6. The van der Waals surface area contributed by atoms with Crippen molar-refractivity contribution < 1.29 is 9.59 Å². The molecule has 0 saturated heterocycles. The molecule has 1 atom stereocenters. The molecule has 0 spiro atoms. The first-order valence-corrected chi connectivity index (χ1v) is 5.10. The Balaban J connectivity index is 2.20. The zero-order chi connectivity index (χ0) is 8.97. The van der Waals surface area contributed by atoms with E-state index in [0.29, 0.717) is 6.41 Å². The standard InChI is InChI=1S/C8H13NO2S/c1-6(11)8(9-5-10)4-12-7-2-3-7/h5,7-8H,2-4H2,1H3,(H,9,10). The summed E-state index contributed by atoms with van der Waals surface area (Å²) in [5.41, 5.74) is 0. The summed E-state index contributed by atoms with van der Waals surface area (Å²) in [6.45, 7) is 1.51. The highest BCUT2D eigenvalue weighted by Gasteiger charge is 2.24. The van der Waals surface area contributed by atoms with Crippen LogP contribution in [0.25, 0.3) is 0 Å². The van der Waals surface area contributed by atoms with Crippen LogP contribution in [0, 0.1) is 0 Å². The van der Waals surface area contributed by atoms with Gasteiger partial charge in [0.15, 0.2) is 5.78 Å². The van der Waals surface area contributed by atoms with Crippen molar-refractivity contribution in [1.29, 1.82) is 0 Å². The molecule has 4 heteroatoms. The van der Waals surface area contributed by atoms with Crippen LogP contribution in [0.3, 0.4) is 0 Å². The number of carbonyl (C=O) groups is 2. The minimum Gasteiger partial charge on any atom is -0.348 e. The van der Waals surface area contributed by atoms with E-state index < -0.39 is 0 Å². The van der Waals surface area contributed by atoms with Gasteiger partial charge in [0, 0.05) is 11.0 Å². The minimum absolute atomic E-state index is 0.0373. The molecule has 1 unspecified atom stereocenters. The lowest BCUT2D eigenvalue weighted by molar-refractivity contribution is -0.121. The molecule has 1 N–H and O–H groups in total. The van der Waals surface area contributed by atoms with Gasteiger partial charge in [0.05, 0.1) is 6.04 Å². The molecule has 0 aromatic rings. The fourth-order valence-electron chi connectivity index (χ4n) is 0.832. The Hall–Kier alpha value is -0.510. The Labute approximate surface area is 76.3 Å². The molecule has 1 saturated carbocycles. The summed E-state index contributed by atoms with van der Waals surface area (Å²) in [4.78, 5) is 21.0. The first-order valence-electron chi connectivity index (χ1n) is 4.05. The molecule has 0 aromatic carbocycles. The van der Waals surface area contributed by atoms with Gasteiger partial charge >= 0.3 is 0 Å². The normalized spacial score (nSPS) is 18.4. The lowest BCUT2D eigenvalue weighted by Crippen LogP contribution is -2.36. The van der Waals surface area contributed by atoms with Crippen LogP contribution < -0.4 is 5.32 Å². The van der Waals surface area contributed by atoms with E-state index >= 15 is 0 Å². The maximum atomic E-state index is 10.9. The van der Waals surface area contributed by atoms with E-state index in [-0.39, 0.29) is 11.8 Å². The van der Waals surface area contributed by atoms with Crippen LogP contribution in [0.15, 0.2) is 0 Å². The summed E-state index contributed by atoms with van der Waals surface area (Å²) in [5.74, 6) is 0.758. The van der Waals surface area contributed by atoms with Crippen LogP contribution in [0.4, 0.5) is 0 Å². The van der Waals surface area contributed by atoms with Crippen molar-refractivity contribution in [1.82, 2.24) is 5.32 Å². The Bertz CT molecular complexity index is 180. The van der Waals surface area contributed by atoms with Crippen LogP contribution in [-0.4, -0.2) is 29.2 Å². The van der Waals surface area contributed by atoms with E-state index in [4.69, 9.17) is 0 Å². The van der Waals surface area contributed by atoms with E-state index in [1.165, 1.54) is 19.8 Å². The highest BCUT2D eigenvalue weighted by atomic mass is 32.2. The first-order chi connectivity index (χ1) is 5.74. The van der Waals surface area contributed by atoms with Crippen molar-refractivity contribution in [2.45, 2.75) is 31.1 Å². The Kier molecular flexibility index (Phi) is 3.59. The molecule has 1 aliphatic carbocycles. The van der Waals surface area contributed by atoms with Crippen LogP contribution in [0.1, 0.15) is 19.8 Å². The zero-order valence-corrected chi connectivity index (χ0v) is 7.89. The summed E-state index contributed by atoms with van der Waals surface area (Å²) in [6.07, 6.45) is 3.12. The number of thioether (sulfide) groups is 1. The average Bonchev–Trinajstić information content (AvgIpc) is 2.80. The topological polar surface area (TPSA) is 46.2 Å².